The molecular weight excluding hydrogens is 395 g/mol. The number of halogens is 1. The zero-order valence-corrected chi connectivity index (χ0v) is 18.7. The summed E-state index contributed by atoms with van der Waals surface area (Å²) in [5.41, 5.74) is 8.22. The van der Waals surface area contributed by atoms with Gasteiger partial charge in [-0.25, -0.2) is 9.18 Å². The minimum Gasteiger partial charge on any atom is -0.444 e. The molecule has 168 valence electrons. The van der Waals surface area contributed by atoms with Crippen molar-refractivity contribution in [2.75, 3.05) is 0 Å². The number of ether oxygens (including phenoxy) is 1. The molecular formula is C25H33FN2O3. The van der Waals surface area contributed by atoms with E-state index in [0.29, 0.717) is 19.3 Å². The Balaban J connectivity index is 1.83. The van der Waals surface area contributed by atoms with Crippen LogP contribution in [0.25, 0.3) is 0 Å². The summed E-state index contributed by atoms with van der Waals surface area (Å²) in [6.45, 7) is 7.28. The van der Waals surface area contributed by atoms with Crippen LogP contribution in [0.15, 0.2) is 48.5 Å². The van der Waals surface area contributed by atoms with Crippen molar-refractivity contribution in [3.63, 3.8) is 0 Å². The molecule has 1 saturated heterocycles. The summed E-state index contributed by atoms with van der Waals surface area (Å²) < 4.78 is 19.4. The van der Waals surface area contributed by atoms with Crippen LogP contribution in [0.1, 0.15) is 56.3 Å². The van der Waals surface area contributed by atoms with E-state index in [9.17, 15) is 14.3 Å². The van der Waals surface area contributed by atoms with Crippen molar-refractivity contribution in [1.29, 1.82) is 0 Å². The van der Waals surface area contributed by atoms with Crippen molar-refractivity contribution in [2.24, 2.45) is 5.73 Å². The Labute approximate surface area is 184 Å². The van der Waals surface area contributed by atoms with Crippen molar-refractivity contribution in [3.8, 4) is 0 Å². The highest BCUT2D eigenvalue weighted by atomic mass is 19.1. The fraction of sp³-hybridized carbons (Fsp3) is 0.480. The molecule has 5 nitrogen and oxygen atoms in total. The van der Waals surface area contributed by atoms with Crippen LogP contribution in [0, 0.1) is 12.7 Å². The fourth-order valence-electron chi connectivity index (χ4n) is 4.36. The van der Waals surface area contributed by atoms with Gasteiger partial charge in [0, 0.05) is 6.04 Å². The van der Waals surface area contributed by atoms with E-state index in [1.807, 2.05) is 64.1 Å². The second-order valence-electron chi connectivity index (χ2n) is 9.45. The quantitative estimate of drug-likeness (QED) is 0.735. The van der Waals surface area contributed by atoms with E-state index in [1.54, 1.807) is 4.90 Å². The van der Waals surface area contributed by atoms with E-state index in [2.05, 4.69) is 0 Å². The zero-order chi connectivity index (χ0) is 22.8. The maximum Gasteiger partial charge on any atom is 0.411 e. The average Bonchev–Trinajstić information content (AvgIpc) is 3.11. The van der Waals surface area contributed by atoms with Gasteiger partial charge in [0.05, 0.1) is 18.2 Å². The number of nitrogens with zero attached hydrogens (tertiary/aromatic N) is 1. The standard InChI is InChI=1S/C25H33FN2O3/c1-16-12-17(14-19(26)13-16)15-20(27)23(29)22-11-10-21(18-8-6-5-7-9-18)28(22)24(30)31-25(2,3)4/h5-9,12-14,20-23,29H,10-11,15,27H2,1-4H3/t20-,21-,22+,23-/m0/s1. The molecule has 0 aromatic heterocycles. The van der Waals surface area contributed by atoms with Gasteiger partial charge in [-0.1, -0.05) is 36.4 Å². The maximum absolute atomic E-state index is 13.8. The first-order valence-electron chi connectivity index (χ1n) is 10.8. The molecule has 0 spiro atoms. The van der Waals surface area contributed by atoms with E-state index in [0.717, 1.165) is 16.7 Å². The van der Waals surface area contributed by atoms with Gasteiger partial charge in [-0.05, 0) is 75.8 Å². The number of carbonyl (C=O) groups excluding carboxylic acids is 1. The number of likely N-dealkylation sites (tertiary alicyclic amines) is 1. The number of hydrogen-bond donors (Lipinski definition) is 2. The van der Waals surface area contributed by atoms with Gasteiger partial charge in [0.2, 0.25) is 0 Å². The second kappa shape index (κ2) is 9.37. The monoisotopic (exact) mass is 428 g/mol. The predicted molar refractivity (Wildman–Crippen MR) is 119 cm³/mol. The van der Waals surface area contributed by atoms with E-state index < -0.39 is 29.9 Å². The molecule has 0 saturated carbocycles. The molecule has 1 aliphatic rings. The molecule has 0 unspecified atom stereocenters. The number of rotatable bonds is 5. The number of carbonyl (C=O) groups is 1. The molecule has 6 heteroatoms. The Bertz CT molecular complexity index is 877. The lowest BCUT2D eigenvalue weighted by atomic mass is 9.95. The number of nitrogens with two attached hydrogens (primary N) is 1. The number of benzene rings is 2. The highest BCUT2D eigenvalue weighted by Crippen LogP contribution is 2.39. The van der Waals surface area contributed by atoms with Crippen molar-refractivity contribution >= 4 is 6.09 Å². The summed E-state index contributed by atoms with van der Waals surface area (Å²) in [7, 11) is 0. The third-order valence-corrected chi connectivity index (χ3v) is 5.62. The van der Waals surface area contributed by atoms with Crippen molar-refractivity contribution in [1.82, 2.24) is 4.90 Å². The maximum atomic E-state index is 13.8. The van der Waals surface area contributed by atoms with Gasteiger partial charge >= 0.3 is 6.09 Å². The lowest BCUT2D eigenvalue weighted by molar-refractivity contribution is -0.00885. The Hall–Kier alpha value is -2.44. The van der Waals surface area contributed by atoms with Crippen molar-refractivity contribution < 1.29 is 19.0 Å². The lowest BCUT2D eigenvalue weighted by Gasteiger charge is -2.36. The average molecular weight is 429 g/mol. The minimum atomic E-state index is -0.968. The summed E-state index contributed by atoms with van der Waals surface area (Å²) in [5.74, 6) is -0.322. The first kappa shape index (κ1) is 23.2. The smallest absolute Gasteiger partial charge is 0.411 e. The van der Waals surface area contributed by atoms with Crippen LogP contribution in [0.4, 0.5) is 9.18 Å². The topological polar surface area (TPSA) is 75.8 Å². The van der Waals surface area contributed by atoms with E-state index in [1.165, 1.54) is 12.1 Å². The van der Waals surface area contributed by atoms with Gasteiger partial charge in [0.25, 0.3) is 0 Å². The largest absolute Gasteiger partial charge is 0.444 e. The molecule has 3 N–H and O–H groups in total. The van der Waals surface area contributed by atoms with Crippen LogP contribution >= 0.6 is 0 Å². The van der Waals surface area contributed by atoms with Crippen LogP contribution in [0.2, 0.25) is 0 Å². The minimum absolute atomic E-state index is 0.195. The molecule has 0 radical (unpaired) electrons. The Morgan fingerprint density at radius 1 is 1.23 bits per heavy atom. The summed E-state index contributed by atoms with van der Waals surface area (Å²) in [4.78, 5) is 14.8. The molecule has 0 aliphatic carbocycles. The molecule has 1 amide bonds. The lowest BCUT2D eigenvalue weighted by Crippen LogP contribution is -2.52. The number of hydrogen-bond acceptors (Lipinski definition) is 4. The predicted octanol–water partition coefficient (Wildman–Crippen LogP) is 4.51. The fourth-order valence-corrected chi connectivity index (χ4v) is 4.36. The first-order chi connectivity index (χ1) is 14.5. The van der Waals surface area contributed by atoms with Crippen LogP contribution in [-0.2, 0) is 11.2 Å². The van der Waals surface area contributed by atoms with Gasteiger partial charge in [-0.3, -0.25) is 4.90 Å². The van der Waals surface area contributed by atoms with Crippen LogP contribution < -0.4 is 5.73 Å². The van der Waals surface area contributed by atoms with Gasteiger partial charge in [0.1, 0.15) is 11.4 Å². The van der Waals surface area contributed by atoms with Gasteiger partial charge in [0.15, 0.2) is 0 Å². The normalized spacial score (nSPS) is 21.1. The first-order valence-corrected chi connectivity index (χ1v) is 10.8. The third kappa shape index (κ3) is 5.83. The molecule has 0 bridgehead atoms. The Kier molecular flexibility index (Phi) is 7.02. The molecule has 1 heterocycles. The molecule has 2 aromatic rings. The van der Waals surface area contributed by atoms with Crippen LogP contribution in [0.5, 0.6) is 0 Å². The summed E-state index contributed by atoms with van der Waals surface area (Å²) in [6, 6.07) is 13.2. The number of amides is 1. The van der Waals surface area contributed by atoms with Gasteiger partial charge < -0.3 is 15.6 Å². The molecule has 1 fully saturated rings. The summed E-state index contributed by atoms with van der Waals surface area (Å²) in [5, 5.41) is 11.1. The molecule has 4 atom stereocenters. The number of aliphatic hydroxyl groups is 1. The molecule has 1 aliphatic heterocycles. The van der Waals surface area contributed by atoms with Crippen LogP contribution in [0.3, 0.4) is 0 Å². The van der Waals surface area contributed by atoms with E-state index in [-0.39, 0.29) is 11.9 Å². The second-order valence-corrected chi connectivity index (χ2v) is 9.45. The van der Waals surface area contributed by atoms with Gasteiger partial charge in [-0.2, -0.15) is 0 Å². The summed E-state index contributed by atoms with van der Waals surface area (Å²) >= 11 is 0. The Morgan fingerprint density at radius 3 is 2.52 bits per heavy atom. The third-order valence-electron chi connectivity index (χ3n) is 5.62. The molecule has 31 heavy (non-hydrogen) atoms. The molecule has 3 rings (SSSR count). The van der Waals surface area contributed by atoms with Gasteiger partial charge in [-0.15, -0.1) is 0 Å². The highest BCUT2D eigenvalue weighted by Gasteiger charge is 2.44. The van der Waals surface area contributed by atoms with Crippen molar-refractivity contribution in [3.05, 3.63) is 71.0 Å². The highest BCUT2D eigenvalue weighted by molar-refractivity contribution is 5.70. The summed E-state index contributed by atoms with van der Waals surface area (Å²) in [6.07, 6.45) is 0.197. The zero-order valence-electron chi connectivity index (χ0n) is 18.7. The van der Waals surface area contributed by atoms with E-state index in [4.69, 9.17) is 10.5 Å². The van der Waals surface area contributed by atoms with E-state index >= 15 is 0 Å². The number of aryl methyl sites for hydroxylation is 1. The molecule has 2 aromatic carbocycles. The number of aliphatic hydroxyl groups excluding tert-OH is 1. The van der Waals surface area contributed by atoms with Crippen LogP contribution in [-0.4, -0.2) is 39.9 Å². The van der Waals surface area contributed by atoms with Crippen molar-refractivity contribution in [2.45, 2.75) is 76.8 Å². The Morgan fingerprint density at radius 2 is 1.90 bits per heavy atom. The SMILES string of the molecule is Cc1cc(F)cc(C[C@H](N)[C@H](O)[C@H]2CC[C@@H](c3ccccc3)N2C(=O)OC(C)(C)C)c1.